The number of hydrogen-bond donors (Lipinski definition) is 2. The van der Waals surface area contributed by atoms with Gasteiger partial charge in [0.25, 0.3) is 0 Å². The summed E-state index contributed by atoms with van der Waals surface area (Å²) in [5.74, 6) is -0.182. The van der Waals surface area contributed by atoms with Gasteiger partial charge in [0.1, 0.15) is 5.75 Å². The second-order valence-corrected chi connectivity index (χ2v) is 6.22. The van der Waals surface area contributed by atoms with E-state index in [4.69, 9.17) is 4.74 Å². The van der Waals surface area contributed by atoms with Crippen LogP contribution in [0.5, 0.6) is 5.75 Å². The molecule has 1 aliphatic rings. The van der Waals surface area contributed by atoms with Crippen LogP contribution in [0, 0.1) is 18.8 Å². The highest BCUT2D eigenvalue weighted by Crippen LogP contribution is 2.40. The normalized spacial score (nSPS) is 18.3. The summed E-state index contributed by atoms with van der Waals surface area (Å²) in [5.41, 5.74) is 2.52. The van der Waals surface area contributed by atoms with Crippen molar-refractivity contribution in [2.45, 2.75) is 20.3 Å². The first-order valence-corrected chi connectivity index (χ1v) is 8.48. The van der Waals surface area contributed by atoms with Gasteiger partial charge in [0.05, 0.1) is 24.1 Å². The fourth-order valence-corrected chi connectivity index (χ4v) is 2.72. The van der Waals surface area contributed by atoms with Gasteiger partial charge >= 0.3 is 0 Å². The summed E-state index contributed by atoms with van der Waals surface area (Å²) in [4.78, 5) is 24.7. The molecule has 1 aliphatic carbocycles. The minimum absolute atomic E-state index is 0.109. The van der Waals surface area contributed by atoms with Crippen LogP contribution in [-0.4, -0.2) is 18.4 Å². The molecule has 130 valence electrons. The maximum absolute atomic E-state index is 12.4. The lowest BCUT2D eigenvalue weighted by molar-refractivity contribution is -0.122. The van der Waals surface area contributed by atoms with Gasteiger partial charge in [-0.1, -0.05) is 29.8 Å². The molecule has 2 aromatic carbocycles. The summed E-state index contributed by atoms with van der Waals surface area (Å²) in [6.07, 6.45) is 0.570. The Labute approximate surface area is 147 Å². The summed E-state index contributed by atoms with van der Waals surface area (Å²) < 4.78 is 5.51. The Morgan fingerprint density at radius 1 is 1.00 bits per heavy atom. The van der Waals surface area contributed by atoms with Gasteiger partial charge in [-0.05, 0) is 44.5 Å². The third kappa shape index (κ3) is 4.18. The minimum Gasteiger partial charge on any atom is -0.492 e. The maximum Gasteiger partial charge on any atom is 0.228 e. The van der Waals surface area contributed by atoms with E-state index in [-0.39, 0.29) is 23.7 Å². The molecular formula is C20H22N2O3. The van der Waals surface area contributed by atoms with Crippen molar-refractivity contribution in [3.8, 4) is 5.75 Å². The molecule has 1 fully saturated rings. The molecule has 0 heterocycles. The van der Waals surface area contributed by atoms with E-state index in [2.05, 4.69) is 10.6 Å². The number of carbonyl (C=O) groups excluding carboxylic acids is 2. The van der Waals surface area contributed by atoms with Gasteiger partial charge in [-0.15, -0.1) is 0 Å². The van der Waals surface area contributed by atoms with Crippen LogP contribution in [0.1, 0.15) is 18.9 Å². The fourth-order valence-electron chi connectivity index (χ4n) is 2.72. The van der Waals surface area contributed by atoms with Gasteiger partial charge in [-0.3, -0.25) is 9.59 Å². The van der Waals surface area contributed by atoms with Crippen molar-refractivity contribution in [1.29, 1.82) is 0 Å². The molecule has 2 atom stereocenters. The molecule has 3 rings (SSSR count). The maximum atomic E-state index is 12.4. The second-order valence-electron chi connectivity index (χ2n) is 6.22. The molecule has 5 heteroatoms. The summed E-state index contributed by atoms with van der Waals surface area (Å²) in [7, 11) is 0. The summed E-state index contributed by atoms with van der Waals surface area (Å²) in [5, 5.41) is 5.74. The van der Waals surface area contributed by atoms with Crippen molar-refractivity contribution in [3.05, 3.63) is 54.1 Å². The number of benzene rings is 2. The van der Waals surface area contributed by atoms with Crippen LogP contribution in [0.25, 0.3) is 0 Å². The van der Waals surface area contributed by atoms with Gasteiger partial charge < -0.3 is 15.4 Å². The Hall–Kier alpha value is -2.82. The molecule has 0 aromatic heterocycles. The van der Waals surface area contributed by atoms with E-state index in [1.807, 2.05) is 56.3 Å². The molecule has 0 bridgehead atoms. The van der Waals surface area contributed by atoms with Crippen LogP contribution in [0.15, 0.2) is 48.5 Å². The van der Waals surface area contributed by atoms with Gasteiger partial charge in [0, 0.05) is 5.69 Å². The molecule has 0 radical (unpaired) electrons. The topological polar surface area (TPSA) is 67.4 Å². The number of amides is 2. The van der Waals surface area contributed by atoms with Crippen molar-refractivity contribution in [3.63, 3.8) is 0 Å². The number of rotatable bonds is 6. The lowest BCUT2D eigenvalue weighted by Gasteiger charge is -2.11. The lowest BCUT2D eigenvalue weighted by atomic mass is 10.2. The predicted octanol–water partition coefficient (Wildman–Crippen LogP) is 3.61. The number of anilines is 2. The van der Waals surface area contributed by atoms with Gasteiger partial charge in [-0.25, -0.2) is 0 Å². The van der Waals surface area contributed by atoms with Gasteiger partial charge in [0.15, 0.2) is 0 Å². The van der Waals surface area contributed by atoms with E-state index in [0.717, 1.165) is 11.3 Å². The van der Waals surface area contributed by atoms with Gasteiger partial charge in [-0.2, -0.15) is 0 Å². The molecule has 0 saturated heterocycles. The number of para-hydroxylation sites is 2. The minimum atomic E-state index is -0.292. The number of hydrogen-bond acceptors (Lipinski definition) is 3. The molecule has 5 nitrogen and oxygen atoms in total. The Balaban J connectivity index is 1.57. The molecular weight excluding hydrogens is 316 g/mol. The van der Waals surface area contributed by atoms with E-state index >= 15 is 0 Å². The average Bonchev–Trinajstić information content (AvgIpc) is 3.40. The Bertz CT molecular complexity index is 771. The van der Waals surface area contributed by atoms with Crippen LogP contribution in [-0.2, 0) is 9.59 Å². The number of nitrogens with one attached hydrogen (secondary N) is 2. The van der Waals surface area contributed by atoms with E-state index in [1.165, 1.54) is 0 Å². The molecule has 2 aromatic rings. The third-order valence-electron chi connectivity index (χ3n) is 4.23. The highest BCUT2D eigenvalue weighted by Gasteiger charge is 2.48. The van der Waals surface area contributed by atoms with E-state index in [9.17, 15) is 9.59 Å². The van der Waals surface area contributed by atoms with E-state index < -0.39 is 0 Å². The van der Waals surface area contributed by atoms with Crippen molar-refractivity contribution in [1.82, 2.24) is 0 Å². The Morgan fingerprint density at radius 2 is 1.64 bits per heavy atom. The quantitative estimate of drug-likeness (QED) is 0.845. The Morgan fingerprint density at radius 3 is 2.32 bits per heavy atom. The molecule has 2 amide bonds. The standard InChI is InChI=1S/C20H22N2O3/c1-3-25-18-7-5-4-6-17(18)22-20(24)16-12-15(16)19(23)21-14-10-8-13(2)9-11-14/h4-11,15-16H,3,12H2,1-2H3,(H,21,23)(H,22,24). The first-order chi connectivity index (χ1) is 12.1. The zero-order valence-electron chi connectivity index (χ0n) is 14.4. The molecule has 1 saturated carbocycles. The smallest absolute Gasteiger partial charge is 0.228 e. The SMILES string of the molecule is CCOc1ccccc1NC(=O)C1CC1C(=O)Nc1ccc(C)cc1. The monoisotopic (exact) mass is 338 g/mol. The molecule has 2 N–H and O–H groups in total. The van der Waals surface area contributed by atoms with Crippen molar-refractivity contribution >= 4 is 23.2 Å². The average molecular weight is 338 g/mol. The molecule has 0 spiro atoms. The summed E-state index contributed by atoms with van der Waals surface area (Å²) in [6, 6.07) is 14.9. The number of aryl methyl sites for hydroxylation is 1. The summed E-state index contributed by atoms with van der Waals surface area (Å²) in [6.45, 7) is 4.41. The van der Waals surface area contributed by atoms with Crippen LogP contribution in [0.2, 0.25) is 0 Å². The van der Waals surface area contributed by atoms with Gasteiger partial charge in [0.2, 0.25) is 11.8 Å². The number of ether oxygens (including phenoxy) is 1. The largest absolute Gasteiger partial charge is 0.492 e. The first kappa shape index (κ1) is 17.0. The van der Waals surface area contributed by atoms with E-state index in [0.29, 0.717) is 24.5 Å². The molecule has 25 heavy (non-hydrogen) atoms. The second kappa shape index (κ2) is 7.38. The first-order valence-electron chi connectivity index (χ1n) is 8.48. The molecule has 0 aliphatic heterocycles. The van der Waals surface area contributed by atoms with Crippen LogP contribution in [0.4, 0.5) is 11.4 Å². The lowest BCUT2D eigenvalue weighted by Crippen LogP contribution is -2.20. The van der Waals surface area contributed by atoms with Crippen LogP contribution >= 0.6 is 0 Å². The van der Waals surface area contributed by atoms with Crippen molar-refractivity contribution in [2.24, 2.45) is 11.8 Å². The fraction of sp³-hybridized carbons (Fsp3) is 0.300. The zero-order chi connectivity index (χ0) is 17.8. The predicted molar refractivity (Wildman–Crippen MR) is 97.6 cm³/mol. The highest BCUT2D eigenvalue weighted by molar-refractivity contribution is 6.03. The molecule has 2 unspecified atom stereocenters. The number of carbonyl (C=O) groups is 2. The highest BCUT2D eigenvalue weighted by atomic mass is 16.5. The van der Waals surface area contributed by atoms with Crippen LogP contribution in [0.3, 0.4) is 0 Å². The van der Waals surface area contributed by atoms with Crippen molar-refractivity contribution < 1.29 is 14.3 Å². The van der Waals surface area contributed by atoms with Crippen LogP contribution < -0.4 is 15.4 Å². The third-order valence-corrected chi connectivity index (χ3v) is 4.23. The zero-order valence-corrected chi connectivity index (χ0v) is 14.4. The Kier molecular flexibility index (Phi) is 5.03. The van der Waals surface area contributed by atoms with E-state index in [1.54, 1.807) is 6.07 Å². The summed E-state index contributed by atoms with van der Waals surface area (Å²) >= 11 is 0. The van der Waals surface area contributed by atoms with Crippen molar-refractivity contribution in [2.75, 3.05) is 17.2 Å².